The lowest BCUT2D eigenvalue weighted by Gasteiger charge is -2.12. The van der Waals surface area contributed by atoms with Crippen molar-refractivity contribution in [3.8, 4) is 10.7 Å². The molecule has 11 heteroatoms. The molecule has 0 spiro atoms. The number of rotatable bonds is 5. The molecule has 0 aliphatic rings. The molecule has 142 valence electrons. The van der Waals surface area contributed by atoms with Gasteiger partial charge in [-0.2, -0.15) is 18.2 Å². The minimum absolute atomic E-state index is 0.0972. The monoisotopic (exact) mass is 401 g/mol. The largest absolute Gasteiger partial charge is 0.425 e. The molecular formula is C16H11F4N3O3S. The Morgan fingerprint density at radius 1 is 1.22 bits per heavy atom. The maximum Gasteiger partial charge on any atom is 0.425 e. The number of alkyl halides is 3. The number of aliphatic hydroxyl groups excluding tert-OH is 1. The second kappa shape index (κ2) is 7.45. The molecule has 3 rings (SSSR count). The lowest BCUT2D eigenvalue weighted by atomic mass is 10.2. The zero-order chi connectivity index (χ0) is 19.6. The molecule has 2 aromatic heterocycles. The Hall–Kier alpha value is -2.79. The average Bonchev–Trinajstić information content (AvgIpc) is 3.28. The highest BCUT2D eigenvalue weighted by Gasteiger charge is 2.33. The first-order valence-corrected chi connectivity index (χ1v) is 8.28. The summed E-state index contributed by atoms with van der Waals surface area (Å²) in [5.41, 5.74) is 0.141. The minimum Gasteiger partial charge on any atom is -0.394 e. The predicted molar refractivity (Wildman–Crippen MR) is 86.3 cm³/mol. The van der Waals surface area contributed by atoms with Crippen LogP contribution >= 0.6 is 11.3 Å². The number of carbonyl (C=O) groups excluding carboxylic acids is 1. The first-order chi connectivity index (χ1) is 12.8. The van der Waals surface area contributed by atoms with Crippen LogP contribution in [0.25, 0.3) is 10.7 Å². The topological polar surface area (TPSA) is 88.2 Å². The normalized spacial score (nSPS) is 12.8. The summed E-state index contributed by atoms with van der Waals surface area (Å²) in [4.78, 5) is 15.4. The second-order valence-corrected chi connectivity index (χ2v) is 6.42. The van der Waals surface area contributed by atoms with E-state index in [9.17, 15) is 27.5 Å². The number of carbonyl (C=O) groups is 1. The molecule has 2 N–H and O–H groups in total. The van der Waals surface area contributed by atoms with E-state index < -0.39 is 35.4 Å². The number of thiophene rings is 1. The highest BCUT2D eigenvalue weighted by atomic mass is 32.1. The maximum atomic E-state index is 12.9. The molecule has 0 radical (unpaired) electrons. The lowest BCUT2D eigenvalue weighted by Crippen LogP contribution is -2.31. The van der Waals surface area contributed by atoms with Crippen LogP contribution in [0.2, 0.25) is 0 Å². The Labute approximate surface area is 153 Å². The summed E-state index contributed by atoms with van der Waals surface area (Å²) in [6.45, 7) is -0.590. The average molecular weight is 401 g/mol. The molecule has 0 fully saturated rings. The Balaban J connectivity index is 1.76. The van der Waals surface area contributed by atoms with Gasteiger partial charge in [-0.25, -0.2) is 4.39 Å². The van der Waals surface area contributed by atoms with E-state index in [-0.39, 0.29) is 22.2 Å². The molecule has 3 aromatic rings. The van der Waals surface area contributed by atoms with Crippen molar-refractivity contribution in [1.29, 1.82) is 0 Å². The van der Waals surface area contributed by atoms with Gasteiger partial charge in [0.25, 0.3) is 11.8 Å². The predicted octanol–water partition coefficient (Wildman–Crippen LogP) is 3.42. The SMILES string of the molecule is O=C(NC(CO)c1nc(-c2ccc(C(F)(F)F)s2)no1)c1ccc(F)cc1. The summed E-state index contributed by atoms with van der Waals surface area (Å²) in [6, 6.07) is 5.73. The molecule has 1 atom stereocenters. The van der Waals surface area contributed by atoms with Crippen molar-refractivity contribution >= 4 is 17.2 Å². The van der Waals surface area contributed by atoms with E-state index in [0.717, 1.165) is 18.2 Å². The number of nitrogens with zero attached hydrogens (tertiary/aromatic N) is 2. The molecule has 1 unspecified atom stereocenters. The highest BCUT2D eigenvalue weighted by molar-refractivity contribution is 7.15. The van der Waals surface area contributed by atoms with E-state index in [1.807, 2.05) is 0 Å². The van der Waals surface area contributed by atoms with E-state index in [1.165, 1.54) is 18.2 Å². The van der Waals surface area contributed by atoms with Gasteiger partial charge in [-0.3, -0.25) is 4.79 Å². The van der Waals surface area contributed by atoms with Crippen molar-refractivity contribution < 1.29 is 32.0 Å². The molecule has 1 aromatic carbocycles. The van der Waals surface area contributed by atoms with Crippen molar-refractivity contribution in [1.82, 2.24) is 15.5 Å². The summed E-state index contributed by atoms with van der Waals surface area (Å²) in [5, 5.41) is 15.5. The molecule has 0 saturated heterocycles. The van der Waals surface area contributed by atoms with Crippen LogP contribution in [0.15, 0.2) is 40.9 Å². The molecule has 2 heterocycles. The molecule has 0 aliphatic heterocycles. The Morgan fingerprint density at radius 2 is 1.93 bits per heavy atom. The van der Waals surface area contributed by atoms with Gasteiger partial charge < -0.3 is 14.9 Å². The molecule has 6 nitrogen and oxygen atoms in total. The number of benzene rings is 1. The first-order valence-electron chi connectivity index (χ1n) is 7.46. The van der Waals surface area contributed by atoms with E-state index >= 15 is 0 Å². The van der Waals surface area contributed by atoms with Gasteiger partial charge in [-0.05, 0) is 36.4 Å². The second-order valence-electron chi connectivity index (χ2n) is 5.33. The van der Waals surface area contributed by atoms with Crippen LogP contribution in [0.3, 0.4) is 0 Å². The van der Waals surface area contributed by atoms with Gasteiger partial charge in [0.2, 0.25) is 5.82 Å². The number of hydrogen-bond donors (Lipinski definition) is 2. The Bertz CT molecular complexity index is 937. The Morgan fingerprint density at radius 3 is 2.52 bits per heavy atom. The van der Waals surface area contributed by atoms with Gasteiger partial charge in [-0.15, -0.1) is 11.3 Å². The van der Waals surface area contributed by atoms with E-state index in [2.05, 4.69) is 15.5 Å². The summed E-state index contributed by atoms with van der Waals surface area (Å²) in [7, 11) is 0. The number of aliphatic hydroxyl groups is 1. The standard InChI is InChI=1S/C16H11F4N3O3S/c17-9-3-1-8(2-4-9)14(25)21-10(7-24)15-22-13(23-26-15)11-5-6-12(27-11)16(18,19)20/h1-6,10,24H,7H2,(H,21,25). The number of halogens is 4. The number of hydrogen-bond acceptors (Lipinski definition) is 6. The number of aromatic nitrogens is 2. The van der Waals surface area contributed by atoms with Gasteiger partial charge in [0.15, 0.2) is 0 Å². The van der Waals surface area contributed by atoms with Crippen molar-refractivity contribution in [3.63, 3.8) is 0 Å². The smallest absolute Gasteiger partial charge is 0.394 e. The van der Waals surface area contributed by atoms with Crippen molar-refractivity contribution in [2.75, 3.05) is 6.61 Å². The van der Waals surface area contributed by atoms with Crippen LogP contribution in [0, 0.1) is 5.82 Å². The molecule has 0 saturated carbocycles. The summed E-state index contributed by atoms with van der Waals surface area (Å²) in [5.74, 6) is -1.41. The third-order valence-electron chi connectivity index (χ3n) is 3.44. The summed E-state index contributed by atoms with van der Waals surface area (Å²) >= 11 is 0.442. The lowest BCUT2D eigenvalue weighted by molar-refractivity contribution is -0.134. The van der Waals surface area contributed by atoms with Crippen LogP contribution < -0.4 is 5.32 Å². The Kier molecular flexibility index (Phi) is 5.24. The van der Waals surface area contributed by atoms with Crippen LogP contribution in [-0.2, 0) is 6.18 Å². The third kappa shape index (κ3) is 4.31. The molecule has 0 aliphatic carbocycles. The number of nitrogens with one attached hydrogen (secondary N) is 1. The van der Waals surface area contributed by atoms with Crippen LogP contribution in [0.4, 0.5) is 17.6 Å². The van der Waals surface area contributed by atoms with Crippen LogP contribution in [0.5, 0.6) is 0 Å². The zero-order valence-electron chi connectivity index (χ0n) is 13.3. The van der Waals surface area contributed by atoms with Gasteiger partial charge >= 0.3 is 6.18 Å². The van der Waals surface area contributed by atoms with E-state index in [1.54, 1.807) is 0 Å². The van der Waals surface area contributed by atoms with Gasteiger partial charge in [0.1, 0.15) is 16.7 Å². The van der Waals surface area contributed by atoms with E-state index in [4.69, 9.17) is 4.52 Å². The van der Waals surface area contributed by atoms with Crippen LogP contribution in [0.1, 0.15) is 27.2 Å². The van der Waals surface area contributed by atoms with Gasteiger partial charge in [0, 0.05) is 5.56 Å². The summed E-state index contributed by atoms with van der Waals surface area (Å²) in [6.07, 6.45) is -4.48. The van der Waals surface area contributed by atoms with Crippen LogP contribution in [-0.4, -0.2) is 27.8 Å². The van der Waals surface area contributed by atoms with Gasteiger partial charge in [0.05, 0.1) is 11.5 Å². The fourth-order valence-corrected chi connectivity index (χ4v) is 2.91. The maximum absolute atomic E-state index is 12.9. The minimum atomic E-state index is -4.48. The van der Waals surface area contributed by atoms with Crippen molar-refractivity contribution in [2.24, 2.45) is 0 Å². The molecule has 27 heavy (non-hydrogen) atoms. The molecular weight excluding hydrogens is 390 g/mol. The third-order valence-corrected chi connectivity index (χ3v) is 4.57. The van der Waals surface area contributed by atoms with E-state index in [0.29, 0.717) is 11.3 Å². The number of amides is 1. The quantitative estimate of drug-likeness (QED) is 0.640. The van der Waals surface area contributed by atoms with Crippen molar-refractivity contribution in [2.45, 2.75) is 12.2 Å². The first kappa shape index (κ1) is 19.0. The molecule has 1 amide bonds. The zero-order valence-corrected chi connectivity index (χ0v) is 14.1. The fraction of sp³-hybridized carbons (Fsp3) is 0.188. The van der Waals surface area contributed by atoms with Gasteiger partial charge in [-0.1, -0.05) is 5.16 Å². The fourth-order valence-electron chi connectivity index (χ4n) is 2.12. The molecule has 0 bridgehead atoms. The summed E-state index contributed by atoms with van der Waals surface area (Å²) < 4.78 is 55.9. The van der Waals surface area contributed by atoms with Crippen molar-refractivity contribution in [3.05, 3.63) is 58.5 Å². The highest BCUT2D eigenvalue weighted by Crippen LogP contribution is 2.37.